The van der Waals surface area contributed by atoms with E-state index in [-0.39, 0.29) is 20.1 Å². The van der Waals surface area contributed by atoms with E-state index in [1.54, 1.807) is 16.2 Å². The Labute approximate surface area is 328 Å². The van der Waals surface area contributed by atoms with Crippen LogP contribution in [0.2, 0.25) is 17.3 Å². The second kappa shape index (κ2) is 16.0. The standard InChI is InChI=1S/C29H26NO.C18H22GeN.Ir/c1-18(2)21-12-13-30-27(16-21)22-10-11-24-26-15-23(20-8-6-5-7-9-20)14-25(19(3)4)29(26)31-28(24)17-22;1-19(2,3)17-13-20-18(14-9-5-4-6-10-14)16-12-8-7-11-15(16)17;/h5-9,11-19H,1-4H3;4-6,9,13H,7-8,11-12H2,1-3H3;/q2*-1;/i18D,19D;;. The molecule has 3 heterocycles. The number of pyridine rings is 2. The molecule has 267 valence electrons. The molecule has 1 radical (unpaired) electrons. The van der Waals surface area contributed by atoms with Crippen LogP contribution >= 0.6 is 0 Å². The Morgan fingerprint density at radius 2 is 1.50 bits per heavy atom. The van der Waals surface area contributed by atoms with Crippen molar-refractivity contribution in [2.24, 2.45) is 0 Å². The maximum atomic E-state index is 8.75. The van der Waals surface area contributed by atoms with Crippen molar-refractivity contribution >= 4 is 39.6 Å². The van der Waals surface area contributed by atoms with Gasteiger partial charge in [0.25, 0.3) is 0 Å². The Kier molecular flexibility index (Phi) is 10.9. The van der Waals surface area contributed by atoms with Crippen LogP contribution in [0.3, 0.4) is 0 Å². The van der Waals surface area contributed by atoms with E-state index in [9.17, 15) is 0 Å². The minimum Gasteiger partial charge on any atom is 0 e. The van der Waals surface area contributed by atoms with E-state index in [0.717, 1.165) is 61.0 Å². The molecule has 0 aliphatic heterocycles. The van der Waals surface area contributed by atoms with Crippen molar-refractivity contribution in [3.05, 3.63) is 138 Å². The third-order valence-electron chi connectivity index (χ3n) is 9.94. The van der Waals surface area contributed by atoms with Gasteiger partial charge in [0.2, 0.25) is 0 Å². The van der Waals surface area contributed by atoms with Gasteiger partial charge in [0.15, 0.2) is 0 Å². The zero-order valence-corrected chi connectivity index (χ0v) is 35.8. The minimum atomic E-state index is -1.83. The monoisotopic (exact) mass is 925 g/mol. The van der Waals surface area contributed by atoms with Crippen LogP contribution < -0.4 is 4.40 Å². The maximum absolute atomic E-state index is 8.75. The van der Waals surface area contributed by atoms with Gasteiger partial charge in [-0.15, -0.1) is 17.7 Å². The first-order valence-electron chi connectivity index (χ1n) is 19.1. The molecule has 52 heavy (non-hydrogen) atoms. The smallest absolute Gasteiger partial charge is 0 e. The van der Waals surface area contributed by atoms with E-state index in [1.807, 2.05) is 82.3 Å². The number of hydrogen-bond donors (Lipinski definition) is 0. The normalized spacial score (nSPS) is 13.8. The molecule has 0 spiro atoms. The van der Waals surface area contributed by atoms with Gasteiger partial charge in [0.1, 0.15) is 5.58 Å². The predicted octanol–water partition coefficient (Wildman–Crippen LogP) is 12.3. The van der Waals surface area contributed by atoms with Gasteiger partial charge in [0, 0.05) is 29.0 Å². The fraction of sp³-hybridized carbons (Fsp3) is 0.277. The average Bonchev–Trinajstić information content (AvgIpc) is 3.51. The molecule has 4 aromatic carbocycles. The van der Waals surface area contributed by atoms with Crippen molar-refractivity contribution in [2.75, 3.05) is 0 Å². The molecular formula is C47H48GeIrN2O-2. The average molecular weight is 924 g/mol. The van der Waals surface area contributed by atoms with Crippen LogP contribution in [0.15, 0.2) is 108 Å². The summed E-state index contributed by atoms with van der Waals surface area (Å²) >= 11 is -1.83. The van der Waals surface area contributed by atoms with Crippen molar-refractivity contribution in [3.8, 4) is 33.6 Å². The maximum Gasteiger partial charge on any atom is 0 e. The fourth-order valence-corrected chi connectivity index (χ4v) is 10.6. The molecule has 0 N–H and O–H groups in total. The first-order chi connectivity index (χ1) is 25.2. The summed E-state index contributed by atoms with van der Waals surface area (Å²) in [5.74, 6) is 5.89. The molecule has 3 aromatic heterocycles. The summed E-state index contributed by atoms with van der Waals surface area (Å²) in [5.41, 5.74) is 12.5. The fourth-order valence-electron chi connectivity index (χ4n) is 7.19. The van der Waals surface area contributed by atoms with Gasteiger partial charge in [-0.2, -0.15) is 0 Å². The van der Waals surface area contributed by atoms with Crippen LogP contribution in [0, 0.1) is 12.1 Å². The first-order valence-corrected chi connectivity index (χ1v) is 25.5. The molecule has 5 heteroatoms. The van der Waals surface area contributed by atoms with Crippen molar-refractivity contribution in [3.63, 3.8) is 0 Å². The number of furan rings is 1. The minimum absolute atomic E-state index is 0. The van der Waals surface area contributed by atoms with E-state index in [1.165, 1.54) is 36.9 Å². The number of benzene rings is 4. The quantitative estimate of drug-likeness (QED) is 0.123. The summed E-state index contributed by atoms with van der Waals surface area (Å²) in [7, 11) is 0. The Balaban J connectivity index is 0.000000203. The third kappa shape index (κ3) is 7.90. The van der Waals surface area contributed by atoms with Crippen molar-refractivity contribution in [1.82, 2.24) is 9.97 Å². The Morgan fingerprint density at radius 3 is 2.19 bits per heavy atom. The van der Waals surface area contributed by atoms with Gasteiger partial charge in [0.05, 0.1) is 5.58 Å². The summed E-state index contributed by atoms with van der Waals surface area (Å²) in [4.78, 5) is 9.35. The van der Waals surface area contributed by atoms with Crippen molar-refractivity contribution in [1.29, 1.82) is 0 Å². The number of hydrogen-bond acceptors (Lipinski definition) is 3. The van der Waals surface area contributed by atoms with Gasteiger partial charge in [-0.25, -0.2) is 0 Å². The molecule has 0 bridgehead atoms. The summed E-state index contributed by atoms with van der Waals surface area (Å²) < 4.78 is 25.1. The summed E-state index contributed by atoms with van der Waals surface area (Å²) in [6.07, 6.45) is 8.99. The van der Waals surface area contributed by atoms with E-state index < -0.39 is 25.1 Å². The molecule has 0 fully saturated rings. The third-order valence-corrected chi connectivity index (χ3v) is 14.2. The summed E-state index contributed by atoms with van der Waals surface area (Å²) in [5, 5.41) is 1.95. The Hall–Kier alpha value is -3.83. The molecular weight excluding hydrogens is 873 g/mol. The van der Waals surface area contributed by atoms with Gasteiger partial charge < -0.3 is 9.40 Å². The van der Waals surface area contributed by atoms with Gasteiger partial charge in [-0.3, -0.25) is 0 Å². The SMILES string of the molecule is [2H]C(C)(C)c1ccnc(-c2[c-]cc3c(c2)oc2c(C([2H])(C)C)cc(-c4ccccc4)cc23)c1.[CH3][Ge]([CH3])([CH3])[c]1cnc(-c2[c-]cccc2)c2c1CCCC2.[Ir]. The summed E-state index contributed by atoms with van der Waals surface area (Å²) in [6, 6.07) is 37.1. The molecule has 1 aliphatic carbocycles. The van der Waals surface area contributed by atoms with Gasteiger partial charge in [-0.1, -0.05) is 87.2 Å². The number of aromatic nitrogens is 2. The molecule has 8 rings (SSSR count). The second-order valence-electron chi connectivity index (χ2n) is 15.1. The zero-order valence-electron chi connectivity index (χ0n) is 33.3. The molecule has 7 aromatic rings. The molecule has 1 aliphatic rings. The van der Waals surface area contributed by atoms with Crippen LogP contribution in [0.1, 0.15) is 77.3 Å². The van der Waals surface area contributed by atoms with E-state index in [2.05, 4.69) is 77.0 Å². The number of fused-ring (bicyclic) bond motifs is 4. The van der Waals surface area contributed by atoms with Crippen molar-refractivity contribution < 1.29 is 27.3 Å². The zero-order chi connectivity index (χ0) is 37.5. The van der Waals surface area contributed by atoms with Gasteiger partial charge in [-0.05, 0) is 51.7 Å². The van der Waals surface area contributed by atoms with E-state index in [4.69, 9.17) is 12.1 Å². The van der Waals surface area contributed by atoms with Crippen LogP contribution in [-0.2, 0) is 32.9 Å². The molecule has 0 atom stereocenters. The number of nitrogens with zero attached hydrogens (tertiary/aromatic N) is 2. The Morgan fingerprint density at radius 1 is 0.750 bits per heavy atom. The predicted molar refractivity (Wildman–Crippen MR) is 218 cm³/mol. The van der Waals surface area contributed by atoms with Crippen LogP contribution in [0.25, 0.3) is 55.6 Å². The topological polar surface area (TPSA) is 38.9 Å². The largest absolute Gasteiger partial charge is 0 e. The summed E-state index contributed by atoms with van der Waals surface area (Å²) in [6.45, 7) is 7.51. The molecule has 3 nitrogen and oxygen atoms in total. The molecule has 0 saturated heterocycles. The van der Waals surface area contributed by atoms with Crippen LogP contribution in [0.4, 0.5) is 0 Å². The second-order valence-corrected chi connectivity index (χ2v) is 25.7. The molecule has 0 unspecified atom stereocenters. The number of rotatable bonds is 6. The van der Waals surface area contributed by atoms with Gasteiger partial charge >= 0.3 is 125 Å². The molecule has 0 amide bonds. The Bertz CT molecular complexity index is 2410. The first kappa shape index (κ1) is 35.2. The van der Waals surface area contributed by atoms with Crippen LogP contribution in [-0.4, -0.2) is 23.2 Å². The van der Waals surface area contributed by atoms with E-state index in [0.29, 0.717) is 0 Å². The molecule has 0 saturated carbocycles. The van der Waals surface area contributed by atoms with Crippen LogP contribution in [0.5, 0.6) is 0 Å². The van der Waals surface area contributed by atoms with E-state index >= 15 is 0 Å². The van der Waals surface area contributed by atoms with Crippen molar-refractivity contribution in [2.45, 2.75) is 82.4 Å².